The van der Waals surface area contributed by atoms with Gasteiger partial charge in [0, 0.05) is 37.7 Å². The van der Waals surface area contributed by atoms with Gasteiger partial charge < -0.3 is 44.1 Å². The van der Waals surface area contributed by atoms with Crippen LogP contribution >= 0.6 is 0 Å². The number of hydrogen-bond donors (Lipinski definition) is 3. The predicted octanol–water partition coefficient (Wildman–Crippen LogP) is 3.77. The van der Waals surface area contributed by atoms with Crippen LogP contribution in [0, 0.1) is 0 Å². The fourth-order valence-electron chi connectivity index (χ4n) is 6.75. The summed E-state index contributed by atoms with van der Waals surface area (Å²) in [4.78, 5) is 19.1. The van der Waals surface area contributed by atoms with Crippen LogP contribution in [0.25, 0.3) is 11.2 Å². The van der Waals surface area contributed by atoms with Crippen LogP contribution in [0.4, 0.5) is 11.8 Å². The summed E-state index contributed by atoms with van der Waals surface area (Å²) in [5.74, 6) is 2.95. The SMILES string of the molecule is CCc1cc([C@H]2O[C@@H](n3cnc4c(NCC(c5ccc(OC)cc5)c5ccc(OC)cc5)nc(N5CC[C@@H](N(C)C)C5)nc43)[C@H](O)[C@@H]2O)on1. The van der Waals surface area contributed by atoms with E-state index in [2.05, 4.69) is 58.6 Å². The van der Waals surface area contributed by atoms with E-state index in [4.69, 9.17) is 33.7 Å². The molecule has 0 unspecified atom stereocenters. The molecule has 0 aliphatic carbocycles. The normalized spacial score (nSPS) is 22.3. The van der Waals surface area contributed by atoms with E-state index >= 15 is 0 Å². The zero-order valence-corrected chi connectivity index (χ0v) is 28.9. The number of imidazole rings is 1. The highest BCUT2D eigenvalue weighted by Gasteiger charge is 2.47. The van der Waals surface area contributed by atoms with Crippen molar-refractivity contribution in [1.82, 2.24) is 29.6 Å². The minimum absolute atomic E-state index is 0.0573. The fourth-order valence-corrected chi connectivity index (χ4v) is 6.75. The average Bonchev–Trinajstić information content (AvgIpc) is 3.96. The van der Waals surface area contributed by atoms with Crippen LogP contribution in [0.2, 0.25) is 0 Å². The first-order valence-corrected chi connectivity index (χ1v) is 16.9. The molecule has 5 heterocycles. The van der Waals surface area contributed by atoms with Gasteiger partial charge >= 0.3 is 0 Å². The molecule has 0 spiro atoms. The molecule has 2 fully saturated rings. The third-order valence-corrected chi connectivity index (χ3v) is 9.83. The number of nitrogens with one attached hydrogen (secondary N) is 1. The van der Waals surface area contributed by atoms with Crippen molar-refractivity contribution in [3.8, 4) is 11.5 Å². The molecule has 264 valence electrons. The highest BCUT2D eigenvalue weighted by molar-refractivity contribution is 5.84. The molecule has 2 saturated heterocycles. The molecule has 5 aromatic rings. The van der Waals surface area contributed by atoms with Gasteiger partial charge in [-0.05, 0) is 62.3 Å². The van der Waals surface area contributed by atoms with E-state index in [0.717, 1.165) is 47.8 Å². The fraction of sp³-hybridized carbons (Fsp3) is 0.444. The van der Waals surface area contributed by atoms with Gasteiger partial charge in [0.1, 0.15) is 29.8 Å². The number of nitrogens with zero attached hydrogens (tertiary/aromatic N) is 7. The lowest BCUT2D eigenvalue weighted by Gasteiger charge is -2.23. The van der Waals surface area contributed by atoms with Gasteiger partial charge in [-0.2, -0.15) is 9.97 Å². The quantitative estimate of drug-likeness (QED) is 0.175. The summed E-state index contributed by atoms with van der Waals surface area (Å²) in [6.45, 7) is 4.01. The Morgan fingerprint density at radius 3 is 2.24 bits per heavy atom. The van der Waals surface area contributed by atoms with Crippen molar-refractivity contribution in [2.45, 2.75) is 56.3 Å². The molecule has 14 heteroatoms. The molecule has 0 amide bonds. The van der Waals surface area contributed by atoms with Gasteiger partial charge in [-0.15, -0.1) is 0 Å². The molecular formula is C36H44N8O6. The molecule has 14 nitrogen and oxygen atoms in total. The van der Waals surface area contributed by atoms with Crippen LogP contribution in [0.5, 0.6) is 11.5 Å². The van der Waals surface area contributed by atoms with Crippen molar-refractivity contribution in [3.63, 3.8) is 0 Å². The van der Waals surface area contributed by atoms with Crippen molar-refractivity contribution in [2.75, 3.05) is 58.2 Å². The highest BCUT2D eigenvalue weighted by atomic mass is 16.6. The Labute approximate surface area is 290 Å². The molecule has 0 radical (unpaired) electrons. The van der Waals surface area contributed by atoms with Gasteiger partial charge in [-0.25, -0.2) is 4.98 Å². The maximum absolute atomic E-state index is 11.3. The Morgan fingerprint density at radius 1 is 0.980 bits per heavy atom. The topological polar surface area (TPSA) is 156 Å². The van der Waals surface area contributed by atoms with Crippen molar-refractivity contribution in [3.05, 3.63) is 83.5 Å². The smallest absolute Gasteiger partial charge is 0.229 e. The average molecular weight is 685 g/mol. The number of hydrogen-bond acceptors (Lipinski definition) is 13. The summed E-state index contributed by atoms with van der Waals surface area (Å²) in [7, 11) is 7.47. The second-order valence-electron chi connectivity index (χ2n) is 13.0. The first-order valence-electron chi connectivity index (χ1n) is 16.9. The molecule has 0 saturated carbocycles. The highest BCUT2D eigenvalue weighted by Crippen LogP contribution is 2.41. The van der Waals surface area contributed by atoms with E-state index in [0.29, 0.717) is 47.7 Å². The van der Waals surface area contributed by atoms with E-state index in [1.54, 1.807) is 31.2 Å². The number of aliphatic hydroxyl groups is 2. The third-order valence-electron chi connectivity index (χ3n) is 9.83. The number of aromatic nitrogens is 5. The predicted molar refractivity (Wildman–Crippen MR) is 187 cm³/mol. The Morgan fingerprint density at radius 2 is 1.66 bits per heavy atom. The molecule has 50 heavy (non-hydrogen) atoms. The van der Waals surface area contributed by atoms with E-state index in [-0.39, 0.29) is 5.92 Å². The first-order chi connectivity index (χ1) is 24.3. The zero-order valence-electron chi connectivity index (χ0n) is 28.9. The lowest BCUT2D eigenvalue weighted by molar-refractivity contribution is -0.0434. The summed E-state index contributed by atoms with van der Waals surface area (Å²) in [5, 5.41) is 30.0. The number of anilines is 2. The number of benzene rings is 2. The van der Waals surface area contributed by atoms with Gasteiger partial charge in [-0.3, -0.25) is 4.57 Å². The van der Waals surface area contributed by atoms with Crippen molar-refractivity contribution < 1.29 is 28.9 Å². The number of likely N-dealkylation sites (N-methyl/N-ethyl adjacent to an activating group) is 1. The van der Waals surface area contributed by atoms with Crippen LogP contribution in [0.1, 0.15) is 54.2 Å². The Balaban J connectivity index is 1.25. The maximum atomic E-state index is 11.3. The summed E-state index contributed by atoms with van der Waals surface area (Å²) in [6.07, 6.45) is -1.19. The van der Waals surface area contributed by atoms with E-state index < -0.39 is 24.5 Å². The van der Waals surface area contributed by atoms with E-state index in [1.165, 1.54) is 0 Å². The molecule has 3 aromatic heterocycles. The lowest BCUT2D eigenvalue weighted by atomic mass is 9.91. The largest absolute Gasteiger partial charge is 0.497 e. The van der Waals surface area contributed by atoms with Crippen molar-refractivity contribution in [2.24, 2.45) is 0 Å². The minimum Gasteiger partial charge on any atom is -0.497 e. The Kier molecular flexibility index (Phi) is 9.60. The monoisotopic (exact) mass is 684 g/mol. The van der Waals surface area contributed by atoms with Gasteiger partial charge in [0.05, 0.1) is 26.2 Å². The van der Waals surface area contributed by atoms with E-state index in [9.17, 15) is 10.2 Å². The molecule has 2 aromatic carbocycles. The van der Waals surface area contributed by atoms with E-state index in [1.807, 2.05) is 31.2 Å². The third kappa shape index (κ3) is 6.47. The summed E-state index contributed by atoms with van der Waals surface area (Å²) >= 11 is 0. The van der Waals surface area contributed by atoms with Crippen LogP contribution in [-0.4, -0.2) is 106 Å². The van der Waals surface area contributed by atoms with Gasteiger partial charge in [0.2, 0.25) is 5.95 Å². The van der Waals surface area contributed by atoms with Gasteiger partial charge in [-0.1, -0.05) is 36.3 Å². The molecule has 2 aliphatic heterocycles. The number of aryl methyl sites for hydroxylation is 1. The van der Waals surface area contributed by atoms with Crippen LogP contribution in [0.3, 0.4) is 0 Å². The second kappa shape index (κ2) is 14.2. The Hall–Kier alpha value is -4.76. The minimum atomic E-state index is -1.28. The number of aliphatic hydroxyl groups excluding tert-OH is 2. The summed E-state index contributed by atoms with van der Waals surface area (Å²) in [6, 6.07) is 18.2. The molecule has 2 aliphatic rings. The second-order valence-corrected chi connectivity index (χ2v) is 13.0. The maximum Gasteiger partial charge on any atom is 0.229 e. The van der Waals surface area contributed by atoms with Crippen molar-refractivity contribution >= 4 is 22.9 Å². The van der Waals surface area contributed by atoms with Crippen molar-refractivity contribution in [1.29, 1.82) is 0 Å². The number of ether oxygens (including phenoxy) is 3. The molecule has 3 N–H and O–H groups in total. The first kappa shape index (κ1) is 33.7. The molecule has 0 bridgehead atoms. The van der Waals surface area contributed by atoms with Crippen LogP contribution in [-0.2, 0) is 11.2 Å². The number of rotatable bonds is 12. The standard InChI is InChI=1S/C36H44N8O6/c1-6-23-17-28(50-41-23)32-30(45)31(46)35(49-32)44-20-38-29-33(39-36(40-34(29)44)43-16-15-24(19-43)42(2)3)37-18-27(21-7-11-25(47-4)12-8-21)22-9-13-26(48-5)14-10-22/h7-14,17,20,24,27,30-32,35,45-46H,6,15-16,18-19H2,1-5H3,(H,37,39,40)/t24-,30+,31-,32-,35-/m1/s1. The summed E-state index contributed by atoms with van der Waals surface area (Å²) in [5.41, 5.74) is 3.91. The molecule has 7 rings (SSSR count). The lowest BCUT2D eigenvalue weighted by Crippen LogP contribution is -2.32. The summed E-state index contributed by atoms with van der Waals surface area (Å²) < 4.78 is 24.2. The zero-order chi connectivity index (χ0) is 34.9. The molecule has 5 atom stereocenters. The Bertz CT molecular complexity index is 1850. The number of fused-ring (bicyclic) bond motifs is 1. The molecular weight excluding hydrogens is 640 g/mol. The van der Waals surface area contributed by atoms with Gasteiger partial charge in [0.15, 0.2) is 29.0 Å². The number of methoxy groups -OCH3 is 2. The van der Waals surface area contributed by atoms with Crippen LogP contribution < -0.4 is 19.7 Å². The van der Waals surface area contributed by atoms with Gasteiger partial charge in [0.25, 0.3) is 0 Å². The van der Waals surface area contributed by atoms with Crippen LogP contribution in [0.15, 0.2) is 65.4 Å².